The van der Waals surface area contributed by atoms with E-state index >= 15 is 0 Å². The molecular weight excluding hydrogens is 400 g/mol. The summed E-state index contributed by atoms with van der Waals surface area (Å²) in [5.41, 5.74) is 2.00. The maximum atomic E-state index is 13.0. The topological polar surface area (TPSA) is 49.3 Å². The molecule has 0 bridgehead atoms. The second kappa shape index (κ2) is 8.06. The Bertz CT molecular complexity index is 932. The van der Waals surface area contributed by atoms with Crippen molar-refractivity contribution in [3.63, 3.8) is 0 Å². The molecule has 0 aliphatic carbocycles. The van der Waals surface area contributed by atoms with Crippen molar-refractivity contribution in [1.29, 1.82) is 0 Å². The fourth-order valence-electron chi connectivity index (χ4n) is 3.13. The highest BCUT2D eigenvalue weighted by Gasteiger charge is 2.26. The van der Waals surface area contributed by atoms with E-state index in [1.165, 1.54) is 28.2 Å². The molecule has 8 heteroatoms. The zero-order valence-corrected chi connectivity index (χ0v) is 17.3. The summed E-state index contributed by atoms with van der Waals surface area (Å²) in [7, 11) is 0. The first kappa shape index (κ1) is 18.6. The van der Waals surface area contributed by atoms with E-state index in [9.17, 15) is 4.79 Å². The van der Waals surface area contributed by atoms with E-state index < -0.39 is 0 Å². The molecule has 0 radical (unpaired) electrons. The third-order valence-corrected chi connectivity index (χ3v) is 7.11. The fourth-order valence-corrected chi connectivity index (χ4v) is 5.26. The molecule has 5 nitrogen and oxygen atoms in total. The zero-order valence-electron chi connectivity index (χ0n) is 14.9. The normalized spacial score (nSPS) is 15.3. The maximum absolute atomic E-state index is 13.0. The molecule has 0 saturated carbocycles. The van der Waals surface area contributed by atoms with Crippen LogP contribution in [-0.4, -0.2) is 51.9 Å². The Morgan fingerprint density at radius 2 is 2.00 bits per heavy atom. The molecule has 0 aromatic carbocycles. The number of rotatable bonds is 4. The number of aromatic nitrogens is 2. The fraction of sp³-hybridized carbons (Fsp3) is 0.316. The number of amides is 1. The van der Waals surface area contributed by atoms with Gasteiger partial charge >= 0.3 is 0 Å². The summed E-state index contributed by atoms with van der Waals surface area (Å²) in [4.78, 5) is 27.8. The van der Waals surface area contributed by atoms with Gasteiger partial charge in [0.1, 0.15) is 9.88 Å². The van der Waals surface area contributed by atoms with E-state index in [0.29, 0.717) is 0 Å². The lowest BCUT2D eigenvalue weighted by Crippen LogP contribution is -2.48. The third kappa shape index (κ3) is 4.21. The second-order valence-corrected chi connectivity index (χ2v) is 9.18. The summed E-state index contributed by atoms with van der Waals surface area (Å²) >= 11 is 8.97. The van der Waals surface area contributed by atoms with Gasteiger partial charge in [-0.3, -0.25) is 14.7 Å². The molecule has 27 heavy (non-hydrogen) atoms. The molecule has 1 aliphatic heterocycles. The van der Waals surface area contributed by atoms with Crippen molar-refractivity contribution < 1.29 is 4.79 Å². The van der Waals surface area contributed by atoms with Crippen LogP contribution in [0.4, 0.5) is 0 Å². The van der Waals surface area contributed by atoms with Crippen molar-refractivity contribution in [1.82, 2.24) is 19.8 Å². The van der Waals surface area contributed by atoms with E-state index in [1.807, 2.05) is 36.2 Å². The Labute approximate surface area is 171 Å². The van der Waals surface area contributed by atoms with E-state index in [-0.39, 0.29) is 5.91 Å². The predicted molar refractivity (Wildman–Crippen MR) is 111 cm³/mol. The van der Waals surface area contributed by atoms with Gasteiger partial charge in [-0.05, 0) is 30.7 Å². The summed E-state index contributed by atoms with van der Waals surface area (Å²) < 4.78 is 0.732. The van der Waals surface area contributed by atoms with Crippen LogP contribution in [0.2, 0.25) is 4.34 Å². The average molecular weight is 419 g/mol. The number of nitrogens with zero attached hydrogens (tertiary/aromatic N) is 4. The Morgan fingerprint density at radius 3 is 2.67 bits per heavy atom. The van der Waals surface area contributed by atoms with Crippen LogP contribution in [0.1, 0.15) is 20.9 Å². The summed E-state index contributed by atoms with van der Waals surface area (Å²) in [6.45, 7) is 5.98. The molecule has 0 N–H and O–H groups in total. The summed E-state index contributed by atoms with van der Waals surface area (Å²) in [5, 5.41) is 0.864. The van der Waals surface area contributed by atoms with Crippen LogP contribution in [0.15, 0.2) is 36.7 Å². The Balaban J connectivity index is 1.40. The van der Waals surface area contributed by atoms with E-state index in [4.69, 9.17) is 11.6 Å². The van der Waals surface area contributed by atoms with Crippen molar-refractivity contribution in [3.8, 4) is 9.88 Å². The van der Waals surface area contributed by atoms with Crippen molar-refractivity contribution in [2.45, 2.75) is 13.5 Å². The number of thiazole rings is 1. The van der Waals surface area contributed by atoms with Crippen molar-refractivity contribution >= 4 is 40.2 Å². The summed E-state index contributed by atoms with van der Waals surface area (Å²) in [5.74, 6) is 0.0833. The monoisotopic (exact) mass is 418 g/mol. The highest BCUT2D eigenvalue weighted by Crippen LogP contribution is 2.35. The Kier molecular flexibility index (Phi) is 5.54. The second-order valence-electron chi connectivity index (χ2n) is 6.47. The van der Waals surface area contributed by atoms with Crippen molar-refractivity contribution in [3.05, 3.63) is 57.1 Å². The van der Waals surface area contributed by atoms with Crippen molar-refractivity contribution in [2.24, 2.45) is 0 Å². The standard InChI is InChI=1S/C19H19ClN4OS2/c1-13-17(27-18(22-13)15-4-5-16(20)26-15)19(25)24-9-7-23(8-10-24)12-14-3-2-6-21-11-14/h2-6,11H,7-10,12H2,1H3. The number of thiophene rings is 1. The van der Waals surface area contributed by atoms with E-state index in [1.54, 1.807) is 6.20 Å². The molecule has 3 aromatic rings. The molecule has 1 amide bonds. The maximum Gasteiger partial charge on any atom is 0.265 e. The molecule has 4 rings (SSSR count). The number of hydrogen-bond acceptors (Lipinski definition) is 6. The number of carbonyl (C=O) groups is 1. The van der Waals surface area contributed by atoms with Gasteiger partial charge in [-0.15, -0.1) is 22.7 Å². The predicted octanol–water partition coefficient (Wildman–Crippen LogP) is 4.19. The van der Waals surface area contributed by atoms with Crippen LogP contribution in [0.5, 0.6) is 0 Å². The first-order chi connectivity index (χ1) is 13.1. The van der Waals surface area contributed by atoms with Gasteiger partial charge in [0.25, 0.3) is 5.91 Å². The third-order valence-electron chi connectivity index (χ3n) is 4.56. The van der Waals surface area contributed by atoms with Crippen LogP contribution in [0.3, 0.4) is 0 Å². The molecule has 0 unspecified atom stereocenters. The molecule has 3 aromatic heterocycles. The largest absolute Gasteiger partial charge is 0.335 e. The molecule has 4 heterocycles. The number of aryl methyl sites for hydroxylation is 1. The SMILES string of the molecule is Cc1nc(-c2ccc(Cl)s2)sc1C(=O)N1CCN(Cc2cccnc2)CC1. The average Bonchev–Trinajstić information content (AvgIpc) is 3.28. The van der Waals surface area contributed by atoms with Gasteiger partial charge < -0.3 is 4.90 Å². The van der Waals surface area contributed by atoms with E-state index in [2.05, 4.69) is 20.9 Å². The molecule has 1 aliphatic rings. The minimum atomic E-state index is 0.0833. The summed E-state index contributed by atoms with van der Waals surface area (Å²) in [6, 6.07) is 7.86. The van der Waals surface area contributed by atoms with Crippen molar-refractivity contribution in [2.75, 3.05) is 26.2 Å². The van der Waals surface area contributed by atoms with Gasteiger partial charge in [-0.1, -0.05) is 17.7 Å². The first-order valence-electron chi connectivity index (χ1n) is 8.74. The van der Waals surface area contributed by atoms with Crippen LogP contribution in [0.25, 0.3) is 9.88 Å². The number of hydrogen-bond donors (Lipinski definition) is 0. The molecular formula is C19H19ClN4OS2. The zero-order chi connectivity index (χ0) is 18.8. The highest BCUT2D eigenvalue weighted by molar-refractivity contribution is 7.24. The first-order valence-corrected chi connectivity index (χ1v) is 10.7. The van der Waals surface area contributed by atoms with Gasteiger partial charge in [0.15, 0.2) is 0 Å². The quantitative estimate of drug-likeness (QED) is 0.637. The highest BCUT2D eigenvalue weighted by atomic mass is 35.5. The lowest BCUT2D eigenvalue weighted by Gasteiger charge is -2.34. The molecule has 140 valence electrons. The van der Waals surface area contributed by atoms with Crippen LogP contribution >= 0.6 is 34.3 Å². The smallest absolute Gasteiger partial charge is 0.265 e. The van der Waals surface area contributed by atoms with Gasteiger partial charge in [0.2, 0.25) is 0 Å². The van der Waals surface area contributed by atoms with Gasteiger partial charge in [0, 0.05) is 45.1 Å². The lowest BCUT2D eigenvalue weighted by molar-refractivity contribution is 0.0632. The number of piperazine rings is 1. The van der Waals surface area contributed by atoms with Crippen LogP contribution in [0, 0.1) is 6.92 Å². The number of halogens is 1. The van der Waals surface area contributed by atoms with E-state index in [0.717, 1.165) is 57.5 Å². The molecule has 0 atom stereocenters. The molecule has 0 spiro atoms. The number of carbonyl (C=O) groups excluding carboxylic acids is 1. The van der Waals surface area contributed by atoms with Gasteiger partial charge in [-0.25, -0.2) is 4.98 Å². The van der Waals surface area contributed by atoms with Crippen LogP contribution in [-0.2, 0) is 6.54 Å². The van der Waals surface area contributed by atoms with Crippen LogP contribution < -0.4 is 0 Å². The summed E-state index contributed by atoms with van der Waals surface area (Å²) in [6.07, 6.45) is 3.69. The van der Waals surface area contributed by atoms with Gasteiger partial charge in [0.05, 0.1) is 14.9 Å². The minimum absolute atomic E-state index is 0.0833. The molecule has 1 fully saturated rings. The minimum Gasteiger partial charge on any atom is -0.335 e. The van der Waals surface area contributed by atoms with Gasteiger partial charge in [-0.2, -0.15) is 0 Å². The number of pyridine rings is 1. The lowest BCUT2D eigenvalue weighted by atomic mass is 10.2. The molecule has 1 saturated heterocycles. The Hall–Kier alpha value is -1.80. The Morgan fingerprint density at radius 1 is 1.19 bits per heavy atom.